The van der Waals surface area contributed by atoms with Crippen molar-refractivity contribution in [2.45, 2.75) is 12.6 Å². The fourth-order valence-electron chi connectivity index (χ4n) is 4.00. The Morgan fingerprint density at radius 2 is 1.88 bits per heavy atom. The number of pyridine rings is 1. The van der Waals surface area contributed by atoms with Crippen LogP contribution in [0.2, 0.25) is 10.0 Å². The van der Waals surface area contributed by atoms with E-state index in [9.17, 15) is 22.8 Å². The summed E-state index contributed by atoms with van der Waals surface area (Å²) in [6, 6.07) is 7.54. The lowest BCUT2D eigenvalue weighted by atomic mass is 9.99. The number of rotatable bonds is 4. The van der Waals surface area contributed by atoms with Gasteiger partial charge in [0, 0.05) is 32.4 Å². The molecule has 1 aromatic carbocycles. The Kier molecular flexibility index (Phi) is 7.16. The van der Waals surface area contributed by atoms with Crippen LogP contribution in [0.3, 0.4) is 0 Å². The minimum absolute atomic E-state index is 0.0124. The van der Waals surface area contributed by atoms with Crippen LogP contribution >= 0.6 is 23.2 Å². The monoisotopic (exact) mass is 512 g/mol. The van der Waals surface area contributed by atoms with Gasteiger partial charge in [0.15, 0.2) is 0 Å². The zero-order valence-electron chi connectivity index (χ0n) is 18.0. The molecule has 4 rings (SSSR count). The zero-order valence-corrected chi connectivity index (χ0v) is 19.5. The number of carbonyl (C=O) groups is 2. The molecular weight excluding hydrogens is 492 g/mol. The molecule has 6 nitrogen and oxygen atoms in total. The van der Waals surface area contributed by atoms with Gasteiger partial charge >= 0.3 is 6.18 Å². The molecule has 0 aliphatic carbocycles. The quantitative estimate of drug-likeness (QED) is 0.610. The molecule has 0 unspecified atom stereocenters. The first-order valence-corrected chi connectivity index (χ1v) is 11.4. The predicted octanol–water partition coefficient (Wildman–Crippen LogP) is 4.37. The molecule has 2 aliphatic rings. The fraction of sp³-hybridized carbons (Fsp3) is 0.348. The van der Waals surface area contributed by atoms with Crippen molar-refractivity contribution in [1.82, 2.24) is 14.8 Å². The lowest BCUT2D eigenvalue weighted by Gasteiger charge is -2.35. The lowest BCUT2D eigenvalue weighted by molar-refractivity contribution is -0.138. The number of amides is 2. The van der Waals surface area contributed by atoms with Crippen LogP contribution in [0.4, 0.5) is 19.0 Å². The summed E-state index contributed by atoms with van der Waals surface area (Å²) in [6.45, 7) is 1.68. The van der Waals surface area contributed by atoms with Crippen LogP contribution in [-0.4, -0.2) is 65.9 Å². The maximum absolute atomic E-state index is 12.8. The largest absolute Gasteiger partial charge is 0.417 e. The number of benzene rings is 1. The van der Waals surface area contributed by atoms with Crippen LogP contribution < -0.4 is 4.90 Å². The number of anilines is 1. The standard InChI is InChI=1S/C23H21Cl2F3N4O2/c24-18-3-1-2-17(22(18)25)15-6-8-31(9-7-15)20(33)13-30-10-11-32(21(34)14-30)19-5-4-16(12-29-19)23(26,27)28/h1-6,12H,7-11,13-14H2. The van der Waals surface area contributed by atoms with E-state index in [1.807, 2.05) is 18.2 Å². The smallest absolute Gasteiger partial charge is 0.338 e. The highest BCUT2D eigenvalue weighted by molar-refractivity contribution is 6.43. The first-order chi connectivity index (χ1) is 16.1. The van der Waals surface area contributed by atoms with Gasteiger partial charge in [-0.05, 0) is 35.8 Å². The number of alkyl halides is 3. The molecule has 1 aromatic heterocycles. The Morgan fingerprint density at radius 3 is 2.50 bits per heavy atom. The third kappa shape index (κ3) is 5.37. The van der Waals surface area contributed by atoms with Crippen molar-refractivity contribution in [1.29, 1.82) is 0 Å². The SMILES string of the molecule is O=C(CN1CCN(c2ccc(C(F)(F)F)cn2)C(=O)C1)N1CC=C(c2cccc(Cl)c2Cl)CC1. The Balaban J connectivity index is 1.32. The minimum atomic E-state index is -4.49. The van der Waals surface area contributed by atoms with E-state index in [0.717, 1.165) is 17.2 Å². The summed E-state index contributed by atoms with van der Waals surface area (Å²) in [7, 11) is 0. The molecular formula is C23H21Cl2F3N4O2. The summed E-state index contributed by atoms with van der Waals surface area (Å²) in [5.74, 6) is -0.249. The molecule has 11 heteroatoms. The highest BCUT2D eigenvalue weighted by Gasteiger charge is 2.32. The fourth-order valence-corrected chi connectivity index (χ4v) is 4.42. The van der Waals surface area contributed by atoms with E-state index in [4.69, 9.17) is 23.2 Å². The Morgan fingerprint density at radius 1 is 1.09 bits per heavy atom. The van der Waals surface area contributed by atoms with Gasteiger partial charge in [-0.1, -0.05) is 41.4 Å². The second kappa shape index (κ2) is 9.93. The normalized spacial score (nSPS) is 17.7. The highest BCUT2D eigenvalue weighted by Crippen LogP contribution is 2.33. The molecule has 0 bridgehead atoms. The lowest BCUT2D eigenvalue weighted by Crippen LogP contribution is -2.53. The van der Waals surface area contributed by atoms with Crippen molar-refractivity contribution in [2.75, 3.05) is 44.2 Å². The summed E-state index contributed by atoms with van der Waals surface area (Å²) < 4.78 is 38.2. The van der Waals surface area contributed by atoms with Gasteiger partial charge in [-0.2, -0.15) is 13.2 Å². The third-order valence-corrected chi connectivity index (χ3v) is 6.69. The number of aromatic nitrogens is 1. The van der Waals surface area contributed by atoms with Gasteiger partial charge in [0.2, 0.25) is 11.8 Å². The number of nitrogens with zero attached hydrogens (tertiary/aromatic N) is 4. The predicted molar refractivity (Wildman–Crippen MR) is 124 cm³/mol. The van der Waals surface area contributed by atoms with Crippen molar-refractivity contribution in [2.24, 2.45) is 0 Å². The van der Waals surface area contributed by atoms with Crippen LogP contribution in [-0.2, 0) is 15.8 Å². The molecule has 0 spiro atoms. The molecule has 2 amide bonds. The summed E-state index contributed by atoms with van der Waals surface area (Å²) in [4.78, 5) is 33.9. The molecule has 3 heterocycles. The van der Waals surface area contributed by atoms with E-state index in [-0.39, 0.29) is 37.3 Å². The first-order valence-electron chi connectivity index (χ1n) is 10.6. The topological polar surface area (TPSA) is 56.8 Å². The highest BCUT2D eigenvalue weighted by atomic mass is 35.5. The third-order valence-electron chi connectivity index (χ3n) is 5.87. The summed E-state index contributed by atoms with van der Waals surface area (Å²) >= 11 is 12.4. The van der Waals surface area contributed by atoms with Crippen LogP contribution in [0.25, 0.3) is 5.57 Å². The number of halogens is 5. The molecule has 1 fully saturated rings. The molecule has 1 saturated heterocycles. The van der Waals surface area contributed by atoms with Crippen molar-refractivity contribution >= 4 is 46.4 Å². The van der Waals surface area contributed by atoms with E-state index >= 15 is 0 Å². The Labute approximate surface area is 204 Å². The average Bonchev–Trinajstić information content (AvgIpc) is 2.81. The van der Waals surface area contributed by atoms with Gasteiger partial charge in [-0.15, -0.1) is 0 Å². The summed E-state index contributed by atoms with van der Waals surface area (Å²) in [6.07, 6.45) is -1.18. The molecule has 34 heavy (non-hydrogen) atoms. The second-order valence-electron chi connectivity index (χ2n) is 8.08. The van der Waals surface area contributed by atoms with Crippen LogP contribution in [0.5, 0.6) is 0 Å². The summed E-state index contributed by atoms with van der Waals surface area (Å²) in [5.41, 5.74) is 1.02. The van der Waals surface area contributed by atoms with Crippen molar-refractivity contribution in [3.05, 3.63) is 63.8 Å². The number of hydrogen-bond acceptors (Lipinski definition) is 4. The molecule has 180 valence electrons. The van der Waals surface area contributed by atoms with Gasteiger partial charge in [-0.25, -0.2) is 4.98 Å². The van der Waals surface area contributed by atoms with Crippen molar-refractivity contribution in [3.8, 4) is 0 Å². The molecule has 0 radical (unpaired) electrons. The number of carbonyl (C=O) groups excluding carboxylic acids is 2. The van der Waals surface area contributed by atoms with Crippen molar-refractivity contribution < 1.29 is 22.8 Å². The Hall–Kier alpha value is -2.62. The van der Waals surface area contributed by atoms with Crippen LogP contribution in [0.15, 0.2) is 42.6 Å². The van der Waals surface area contributed by atoms with E-state index in [1.54, 1.807) is 15.9 Å². The van der Waals surface area contributed by atoms with Gasteiger partial charge in [0.25, 0.3) is 0 Å². The van der Waals surface area contributed by atoms with E-state index < -0.39 is 11.7 Å². The zero-order chi connectivity index (χ0) is 24.5. The van der Waals surface area contributed by atoms with E-state index in [0.29, 0.717) is 42.3 Å². The number of hydrogen-bond donors (Lipinski definition) is 0. The Bertz CT molecular complexity index is 1120. The van der Waals surface area contributed by atoms with Crippen LogP contribution in [0, 0.1) is 0 Å². The van der Waals surface area contributed by atoms with Gasteiger partial charge < -0.3 is 4.90 Å². The number of piperazine rings is 1. The molecule has 2 aliphatic heterocycles. The average molecular weight is 513 g/mol. The molecule has 2 aromatic rings. The van der Waals surface area contributed by atoms with E-state index in [1.165, 1.54) is 11.0 Å². The van der Waals surface area contributed by atoms with Crippen LogP contribution in [0.1, 0.15) is 17.5 Å². The molecule has 0 atom stereocenters. The minimum Gasteiger partial charge on any atom is -0.338 e. The van der Waals surface area contributed by atoms with Gasteiger partial charge in [0.1, 0.15) is 5.82 Å². The van der Waals surface area contributed by atoms with Crippen molar-refractivity contribution in [3.63, 3.8) is 0 Å². The van der Waals surface area contributed by atoms with E-state index in [2.05, 4.69) is 4.98 Å². The first kappa shape index (κ1) is 24.5. The maximum atomic E-state index is 12.8. The summed E-state index contributed by atoms with van der Waals surface area (Å²) in [5, 5.41) is 0.975. The molecule has 0 N–H and O–H groups in total. The molecule has 0 saturated carbocycles. The maximum Gasteiger partial charge on any atom is 0.417 e. The second-order valence-corrected chi connectivity index (χ2v) is 8.86. The van der Waals surface area contributed by atoms with Gasteiger partial charge in [-0.3, -0.25) is 19.4 Å². The van der Waals surface area contributed by atoms with Gasteiger partial charge in [0.05, 0.1) is 28.7 Å².